The molecule has 0 spiro atoms. The lowest BCUT2D eigenvalue weighted by atomic mass is 9.98. The summed E-state index contributed by atoms with van der Waals surface area (Å²) in [6.45, 7) is 2.67. The number of nitrogens with one attached hydrogen (secondary N) is 1. The van der Waals surface area contributed by atoms with Crippen molar-refractivity contribution in [2.45, 2.75) is 25.8 Å². The van der Waals surface area contributed by atoms with Gasteiger partial charge >= 0.3 is 0 Å². The molecule has 1 unspecified atom stereocenters. The molecule has 3 aromatic rings. The second-order valence-electron chi connectivity index (χ2n) is 7.38. The monoisotopic (exact) mass is 384 g/mol. The van der Waals surface area contributed by atoms with Crippen LogP contribution in [-0.2, 0) is 6.42 Å². The summed E-state index contributed by atoms with van der Waals surface area (Å²) in [7, 11) is 0. The van der Waals surface area contributed by atoms with Crippen molar-refractivity contribution < 1.29 is 9.59 Å². The van der Waals surface area contributed by atoms with Gasteiger partial charge in [0.15, 0.2) is 0 Å². The predicted octanol–water partition coefficient (Wildman–Crippen LogP) is 4.77. The zero-order chi connectivity index (χ0) is 20.2. The summed E-state index contributed by atoms with van der Waals surface area (Å²) in [6.07, 6.45) is 1.75. The second-order valence-corrected chi connectivity index (χ2v) is 7.38. The van der Waals surface area contributed by atoms with Gasteiger partial charge in [0, 0.05) is 23.4 Å². The average molecular weight is 384 g/mol. The van der Waals surface area contributed by atoms with Crippen molar-refractivity contribution in [2.75, 3.05) is 11.4 Å². The molecule has 0 fully saturated rings. The van der Waals surface area contributed by atoms with Crippen molar-refractivity contribution in [1.82, 2.24) is 5.32 Å². The highest BCUT2D eigenvalue weighted by Gasteiger charge is 2.24. The lowest BCUT2D eigenvalue weighted by Crippen LogP contribution is -2.35. The van der Waals surface area contributed by atoms with Gasteiger partial charge in [0.2, 0.25) is 0 Å². The van der Waals surface area contributed by atoms with Crippen molar-refractivity contribution >= 4 is 17.5 Å². The number of fused-ring (bicyclic) bond motifs is 1. The Kier molecular flexibility index (Phi) is 5.43. The quantitative estimate of drug-likeness (QED) is 0.704. The molecule has 1 N–H and O–H groups in total. The number of rotatable bonds is 4. The van der Waals surface area contributed by atoms with Crippen LogP contribution in [-0.4, -0.2) is 18.4 Å². The summed E-state index contributed by atoms with van der Waals surface area (Å²) < 4.78 is 0. The Morgan fingerprint density at radius 3 is 2.31 bits per heavy atom. The average Bonchev–Trinajstić information content (AvgIpc) is 2.79. The highest BCUT2D eigenvalue weighted by atomic mass is 16.2. The van der Waals surface area contributed by atoms with E-state index in [1.165, 1.54) is 0 Å². The molecule has 4 nitrogen and oxygen atoms in total. The molecule has 1 heterocycles. The van der Waals surface area contributed by atoms with E-state index >= 15 is 0 Å². The molecule has 0 saturated heterocycles. The molecule has 0 aromatic heterocycles. The second kappa shape index (κ2) is 8.31. The predicted molar refractivity (Wildman–Crippen MR) is 115 cm³/mol. The van der Waals surface area contributed by atoms with E-state index < -0.39 is 0 Å². The molecule has 0 bridgehead atoms. The molecule has 1 aliphatic heterocycles. The molecule has 1 aliphatic rings. The van der Waals surface area contributed by atoms with Gasteiger partial charge in [0.05, 0.1) is 6.04 Å². The SMILES string of the molecule is CC(NC(=O)c1ccc2c(c1)CCCN2C(=O)c1ccccc1)c1ccccc1. The van der Waals surface area contributed by atoms with Gasteiger partial charge in [-0.3, -0.25) is 9.59 Å². The van der Waals surface area contributed by atoms with E-state index in [-0.39, 0.29) is 17.9 Å². The summed E-state index contributed by atoms with van der Waals surface area (Å²) in [6, 6.07) is 24.8. The highest BCUT2D eigenvalue weighted by molar-refractivity contribution is 6.07. The normalized spacial score (nSPS) is 14.0. The molecule has 2 amide bonds. The van der Waals surface area contributed by atoms with Gasteiger partial charge in [-0.2, -0.15) is 0 Å². The third kappa shape index (κ3) is 4.06. The van der Waals surface area contributed by atoms with Crippen molar-refractivity contribution in [1.29, 1.82) is 0 Å². The number of nitrogens with zero attached hydrogens (tertiary/aromatic N) is 1. The molecule has 0 radical (unpaired) electrons. The standard InChI is InChI=1S/C25H24N2O2/c1-18(19-9-4-2-5-10-19)26-24(28)22-14-15-23-21(17-22)13-8-16-27(23)25(29)20-11-6-3-7-12-20/h2-7,9-12,14-15,17-18H,8,13,16H2,1H3,(H,26,28). The van der Waals surface area contributed by atoms with Crippen LogP contribution in [0.3, 0.4) is 0 Å². The van der Waals surface area contributed by atoms with Crippen LogP contribution in [0.5, 0.6) is 0 Å². The molecule has 4 rings (SSSR count). The lowest BCUT2D eigenvalue weighted by Gasteiger charge is -2.30. The molecule has 1 atom stereocenters. The van der Waals surface area contributed by atoms with Gasteiger partial charge in [-0.1, -0.05) is 48.5 Å². The maximum absolute atomic E-state index is 12.9. The van der Waals surface area contributed by atoms with E-state index in [2.05, 4.69) is 5.32 Å². The van der Waals surface area contributed by atoms with Gasteiger partial charge in [0.1, 0.15) is 0 Å². The maximum atomic E-state index is 12.9. The number of carbonyl (C=O) groups excluding carboxylic acids is 2. The first-order valence-corrected chi connectivity index (χ1v) is 9.99. The first-order chi connectivity index (χ1) is 14.1. The summed E-state index contributed by atoms with van der Waals surface area (Å²) in [5.41, 5.74) is 4.32. The third-order valence-corrected chi connectivity index (χ3v) is 5.37. The number of aryl methyl sites for hydroxylation is 1. The van der Waals surface area contributed by atoms with Crippen LogP contribution in [0.15, 0.2) is 78.9 Å². The molecular formula is C25H24N2O2. The summed E-state index contributed by atoms with van der Waals surface area (Å²) in [5, 5.41) is 3.06. The number of amides is 2. The van der Waals surface area contributed by atoms with Crippen LogP contribution >= 0.6 is 0 Å². The van der Waals surface area contributed by atoms with Crippen LogP contribution in [0.1, 0.15) is 51.2 Å². The zero-order valence-electron chi connectivity index (χ0n) is 16.5. The van der Waals surface area contributed by atoms with Gasteiger partial charge in [0.25, 0.3) is 11.8 Å². The van der Waals surface area contributed by atoms with E-state index in [1.54, 1.807) is 0 Å². The molecule has 29 heavy (non-hydrogen) atoms. The number of hydrogen-bond donors (Lipinski definition) is 1. The summed E-state index contributed by atoms with van der Waals surface area (Å²) in [5.74, 6) is -0.0999. The van der Waals surface area contributed by atoms with Crippen LogP contribution in [0.2, 0.25) is 0 Å². The first-order valence-electron chi connectivity index (χ1n) is 9.99. The largest absolute Gasteiger partial charge is 0.346 e. The Bertz CT molecular complexity index is 1020. The molecule has 146 valence electrons. The van der Waals surface area contributed by atoms with E-state index in [4.69, 9.17) is 0 Å². The minimum absolute atomic E-state index is 0.00134. The van der Waals surface area contributed by atoms with Crippen LogP contribution in [0.4, 0.5) is 5.69 Å². The molecular weight excluding hydrogens is 360 g/mol. The lowest BCUT2D eigenvalue weighted by molar-refractivity contribution is 0.0939. The van der Waals surface area contributed by atoms with Crippen LogP contribution in [0.25, 0.3) is 0 Å². The fourth-order valence-electron chi connectivity index (χ4n) is 3.79. The first kappa shape index (κ1) is 18.9. The van der Waals surface area contributed by atoms with E-state index in [0.717, 1.165) is 29.7 Å². The number of hydrogen-bond acceptors (Lipinski definition) is 2. The summed E-state index contributed by atoms with van der Waals surface area (Å²) >= 11 is 0. The Hall–Kier alpha value is -3.40. The minimum atomic E-state index is -0.101. The molecule has 4 heteroatoms. The Balaban J connectivity index is 1.54. The van der Waals surface area contributed by atoms with E-state index in [1.807, 2.05) is 90.7 Å². The van der Waals surface area contributed by atoms with E-state index in [0.29, 0.717) is 17.7 Å². The molecule has 3 aromatic carbocycles. The van der Waals surface area contributed by atoms with Gasteiger partial charge < -0.3 is 10.2 Å². The number of carbonyl (C=O) groups is 2. The molecule has 0 saturated carbocycles. The molecule has 0 aliphatic carbocycles. The number of anilines is 1. The summed E-state index contributed by atoms with van der Waals surface area (Å²) in [4.78, 5) is 27.5. The van der Waals surface area contributed by atoms with Crippen LogP contribution < -0.4 is 10.2 Å². The Morgan fingerprint density at radius 1 is 0.897 bits per heavy atom. The fraction of sp³-hybridized carbons (Fsp3) is 0.200. The van der Waals surface area contributed by atoms with Crippen molar-refractivity contribution in [3.8, 4) is 0 Å². The van der Waals surface area contributed by atoms with E-state index in [9.17, 15) is 9.59 Å². The third-order valence-electron chi connectivity index (χ3n) is 5.37. The smallest absolute Gasteiger partial charge is 0.258 e. The van der Waals surface area contributed by atoms with Crippen molar-refractivity contribution in [3.05, 3.63) is 101 Å². The van der Waals surface area contributed by atoms with Gasteiger partial charge in [-0.25, -0.2) is 0 Å². The Labute approximate surface area is 171 Å². The Morgan fingerprint density at radius 2 is 1.59 bits per heavy atom. The van der Waals surface area contributed by atoms with Crippen molar-refractivity contribution in [3.63, 3.8) is 0 Å². The van der Waals surface area contributed by atoms with Crippen LogP contribution in [0, 0.1) is 0 Å². The van der Waals surface area contributed by atoms with Gasteiger partial charge in [-0.15, -0.1) is 0 Å². The fourth-order valence-corrected chi connectivity index (χ4v) is 3.79. The van der Waals surface area contributed by atoms with Gasteiger partial charge in [-0.05, 0) is 61.2 Å². The zero-order valence-corrected chi connectivity index (χ0v) is 16.5. The maximum Gasteiger partial charge on any atom is 0.258 e. The number of benzene rings is 3. The minimum Gasteiger partial charge on any atom is -0.346 e. The highest BCUT2D eigenvalue weighted by Crippen LogP contribution is 2.29. The van der Waals surface area contributed by atoms with Crippen molar-refractivity contribution in [2.24, 2.45) is 0 Å². The topological polar surface area (TPSA) is 49.4 Å².